The molecule has 148 valence electrons. The van der Waals surface area contributed by atoms with Gasteiger partial charge in [-0.05, 0) is 42.5 Å². The van der Waals surface area contributed by atoms with Crippen molar-refractivity contribution in [2.75, 3.05) is 31.1 Å². The second kappa shape index (κ2) is 8.27. The first-order chi connectivity index (χ1) is 14.0. The summed E-state index contributed by atoms with van der Waals surface area (Å²) >= 11 is 12.1. The zero-order chi connectivity index (χ0) is 20.4. The van der Waals surface area contributed by atoms with E-state index >= 15 is 0 Å². The normalized spacial score (nSPS) is 14.1. The lowest BCUT2D eigenvalue weighted by Gasteiger charge is -2.35. The van der Waals surface area contributed by atoms with Gasteiger partial charge in [0.1, 0.15) is 5.82 Å². The summed E-state index contributed by atoms with van der Waals surface area (Å²) < 4.78 is 1.35. The number of rotatable bonds is 3. The number of benzene rings is 2. The van der Waals surface area contributed by atoms with Gasteiger partial charge in [0.2, 0.25) is 0 Å². The zero-order valence-corrected chi connectivity index (χ0v) is 17.0. The molecule has 1 fully saturated rings. The number of hydrogen-bond donors (Lipinski definition) is 0. The monoisotopic (exact) mass is 428 g/mol. The smallest absolute Gasteiger partial charge is 0.271 e. The molecule has 2 heterocycles. The molecule has 29 heavy (non-hydrogen) atoms. The number of carbonyl (C=O) groups is 1. The summed E-state index contributed by atoms with van der Waals surface area (Å²) in [6.07, 6.45) is 0. The average molecular weight is 429 g/mol. The fourth-order valence-corrected chi connectivity index (χ4v) is 3.62. The number of carbonyl (C=O) groups excluding carboxylic acids is 1. The minimum absolute atomic E-state index is 0.0747. The van der Waals surface area contributed by atoms with E-state index in [1.807, 2.05) is 0 Å². The summed E-state index contributed by atoms with van der Waals surface area (Å²) in [6, 6.07) is 17.2. The Morgan fingerprint density at radius 1 is 0.862 bits per heavy atom. The molecule has 3 aromatic rings. The highest BCUT2D eigenvalue weighted by Crippen LogP contribution is 2.20. The van der Waals surface area contributed by atoms with Crippen LogP contribution < -0.4 is 10.5 Å². The highest BCUT2D eigenvalue weighted by Gasteiger charge is 2.24. The Morgan fingerprint density at radius 2 is 1.55 bits per heavy atom. The number of aromatic nitrogens is 2. The number of nitrogens with zero attached hydrogens (tertiary/aromatic N) is 4. The molecule has 6 nitrogen and oxygen atoms in total. The second-order valence-corrected chi connectivity index (χ2v) is 7.52. The molecule has 0 saturated carbocycles. The van der Waals surface area contributed by atoms with Gasteiger partial charge in [-0.3, -0.25) is 9.59 Å². The van der Waals surface area contributed by atoms with Crippen LogP contribution in [0.1, 0.15) is 10.4 Å². The third-order valence-electron chi connectivity index (χ3n) is 4.85. The van der Waals surface area contributed by atoms with Crippen molar-refractivity contribution in [2.45, 2.75) is 0 Å². The van der Waals surface area contributed by atoms with Crippen molar-refractivity contribution in [1.82, 2.24) is 14.7 Å². The molecule has 2 aromatic carbocycles. The third-order valence-corrected chi connectivity index (χ3v) is 5.43. The SMILES string of the molecule is O=C(c1ccccc1Cl)N1CCN(c2ccc(=O)n(-c3ccc(Cl)cc3)n2)CC1. The fourth-order valence-electron chi connectivity index (χ4n) is 3.28. The molecule has 0 N–H and O–H groups in total. The summed E-state index contributed by atoms with van der Waals surface area (Å²) in [5.41, 5.74) is 0.939. The maximum atomic E-state index is 12.7. The van der Waals surface area contributed by atoms with E-state index in [0.29, 0.717) is 53.3 Å². The molecule has 1 aliphatic rings. The Bertz CT molecular complexity index is 1090. The van der Waals surface area contributed by atoms with E-state index in [9.17, 15) is 9.59 Å². The van der Waals surface area contributed by atoms with Crippen molar-refractivity contribution in [3.05, 3.63) is 86.6 Å². The van der Waals surface area contributed by atoms with Crippen molar-refractivity contribution in [1.29, 1.82) is 0 Å². The van der Waals surface area contributed by atoms with Crippen molar-refractivity contribution in [3.8, 4) is 5.69 Å². The van der Waals surface area contributed by atoms with Gasteiger partial charge in [0.05, 0.1) is 16.3 Å². The molecule has 0 radical (unpaired) electrons. The number of hydrogen-bond acceptors (Lipinski definition) is 4. The highest BCUT2D eigenvalue weighted by atomic mass is 35.5. The summed E-state index contributed by atoms with van der Waals surface area (Å²) in [6.45, 7) is 2.32. The molecule has 0 atom stereocenters. The van der Waals surface area contributed by atoms with Crippen LogP contribution in [0, 0.1) is 0 Å². The Labute approximate surface area is 177 Å². The minimum atomic E-state index is -0.219. The predicted octanol–water partition coefficient (Wildman–Crippen LogP) is 3.50. The van der Waals surface area contributed by atoms with Gasteiger partial charge >= 0.3 is 0 Å². The van der Waals surface area contributed by atoms with Crippen LogP contribution in [0.5, 0.6) is 0 Å². The van der Waals surface area contributed by atoms with Crippen LogP contribution in [0.4, 0.5) is 5.82 Å². The molecule has 0 bridgehead atoms. The molecular formula is C21H18Cl2N4O2. The standard InChI is InChI=1S/C21H18Cl2N4O2/c22-15-5-7-16(8-6-15)27-20(28)10-9-19(24-27)25-11-13-26(14-12-25)21(29)17-3-1-2-4-18(17)23/h1-10H,11-14H2. The lowest BCUT2D eigenvalue weighted by atomic mass is 10.2. The van der Waals surface area contributed by atoms with Crippen LogP contribution in [-0.4, -0.2) is 46.8 Å². The van der Waals surface area contributed by atoms with E-state index in [1.54, 1.807) is 59.5 Å². The Hall–Kier alpha value is -2.83. The largest absolute Gasteiger partial charge is 0.352 e. The predicted molar refractivity (Wildman–Crippen MR) is 114 cm³/mol. The first kappa shape index (κ1) is 19.5. The van der Waals surface area contributed by atoms with Gasteiger partial charge in [0, 0.05) is 37.3 Å². The first-order valence-electron chi connectivity index (χ1n) is 9.18. The van der Waals surface area contributed by atoms with Crippen LogP contribution in [0.15, 0.2) is 65.5 Å². The second-order valence-electron chi connectivity index (χ2n) is 6.68. The van der Waals surface area contributed by atoms with Gasteiger partial charge in [-0.2, -0.15) is 4.68 Å². The average Bonchev–Trinajstić information content (AvgIpc) is 2.75. The molecular weight excluding hydrogens is 411 g/mol. The summed E-state index contributed by atoms with van der Waals surface area (Å²) in [5, 5.41) is 5.55. The maximum Gasteiger partial charge on any atom is 0.271 e. The van der Waals surface area contributed by atoms with Crippen molar-refractivity contribution < 1.29 is 4.79 Å². The van der Waals surface area contributed by atoms with Gasteiger partial charge in [-0.1, -0.05) is 35.3 Å². The van der Waals surface area contributed by atoms with Crippen LogP contribution in [0.2, 0.25) is 10.0 Å². The molecule has 0 spiro atoms. The quantitative estimate of drug-likeness (QED) is 0.640. The van der Waals surface area contributed by atoms with Gasteiger partial charge in [0.25, 0.3) is 11.5 Å². The van der Waals surface area contributed by atoms with Crippen molar-refractivity contribution >= 4 is 34.9 Å². The molecule has 0 aliphatic carbocycles. The van der Waals surface area contributed by atoms with Crippen LogP contribution >= 0.6 is 23.2 Å². The number of anilines is 1. The van der Waals surface area contributed by atoms with Gasteiger partial charge in [0.15, 0.2) is 0 Å². The number of halogens is 2. The fraction of sp³-hybridized carbons (Fsp3) is 0.190. The van der Waals surface area contributed by atoms with Gasteiger partial charge in [-0.15, -0.1) is 5.10 Å². The Balaban J connectivity index is 1.50. The number of piperazine rings is 1. The van der Waals surface area contributed by atoms with Crippen LogP contribution in [0.3, 0.4) is 0 Å². The Morgan fingerprint density at radius 3 is 2.24 bits per heavy atom. The van der Waals surface area contributed by atoms with Crippen molar-refractivity contribution in [3.63, 3.8) is 0 Å². The molecule has 8 heteroatoms. The molecule has 1 amide bonds. The van der Waals surface area contributed by atoms with Gasteiger partial charge in [-0.25, -0.2) is 0 Å². The van der Waals surface area contributed by atoms with E-state index in [2.05, 4.69) is 10.00 Å². The topological polar surface area (TPSA) is 58.4 Å². The van der Waals surface area contributed by atoms with Crippen molar-refractivity contribution in [2.24, 2.45) is 0 Å². The maximum absolute atomic E-state index is 12.7. The Kier molecular flexibility index (Phi) is 5.56. The molecule has 1 aliphatic heterocycles. The van der Waals surface area contributed by atoms with E-state index < -0.39 is 0 Å². The highest BCUT2D eigenvalue weighted by molar-refractivity contribution is 6.33. The van der Waals surface area contributed by atoms with E-state index in [0.717, 1.165) is 0 Å². The molecule has 4 rings (SSSR count). The first-order valence-corrected chi connectivity index (χ1v) is 9.93. The van der Waals surface area contributed by atoms with Gasteiger partial charge < -0.3 is 9.80 Å². The molecule has 1 saturated heterocycles. The number of amides is 1. The molecule has 0 unspecified atom stereocenters. The van der Waals surface area contributed by atoms with E-state index in [1.165, 1.54) is 10.7 Å². The zero-order valence-electron chi connectivity index (χ0n) is 15.5. The lowest BCUT2D eigenvalue weighted by Crippen LogP contribution is -2.49. The van der Waals surface area contributed by atoms with Crippen LogP contribution in [0.25, 0.3) is 5.69 Å². The van der Waals surface area contributed by atoms with E-state index in [-0.39, 0.29) is 11.5 Å². The summed E-state index contributed by atoms with van der Waals surface area (Å²) in [7, 11) is 0. The summed E-state index contributed by atoms with van der Waals surface area (Å²) in [4.78, 5) is 28.8. The summed E-state index contributed by atoms with van der Waals surface area (Å²) in [5.74, 6) is 0.610. The molecule has 1 aromatic heterocycles. The van der Waals surface area contributed by atoms with E-state index in [4.69, 9.17) is 23.2 Å². The third kappa shape index (κ3) is 4.13. The lowest BCUT2D eigenvalue weighted by molar-refractivity contribution is 0.0746. The minimum Gasteiger partial charge on any atom is -0.352 e. The van der Waals surface area contributed by atoms with Crippen LogP contribution in [-0.2, 0) is 0 Å².